The van der Waals surface area contributed by atoms with Crippen molar-refractivity contribution in [3.63, 3.8) is 0 Å². The van der Waals surface area contributed by atoms with Gasteiger partial charge in [-0.1, -0.05) is 24.3 Å². The van der Waals surface area contributed by atoms with Crippen LogP contribution >= 0.6 is 0 Å². The lowest BCUT2D eigenvalue weighted by Crippen LogP contribution is -1.96. The zero-order valence-electron chi connectivity index (χ0n) is 7.37. The van der Waals surface area contributed by atoms with Crippen LogP contribution in [0.15, 0.2) is 35.1 Å². The lowest BCUT2D eigenvalue weighted by Gasteiger charge is -1.85. The summed E-state index contributed by atoms with van der Waals surface area (Å²) in [6.07, 6.45) is 3.94. The van der Waals surface area contributed by atoms with Crippen LogP contribution in [0.25, 0.3) is 6.08 Å². The topological polar surface area (TPSA) is 17.1 Å². The summed E-state index contributed by atoms with van der Waals surface area (Å²) in [6, 6.07) is 7.18. The van der Waals surface area contributed by atoms with Gasteiger partial charge < -0.3 is 0 Å². The Bertz CT molecular complexity index is 350. The van der Waals surface area contributed by atoms with Crippen LogP contribution in [0, 0.1) is 6.92 Å². The molecule has 0 aromatic heterocycles. The monoisotopic (exact) mass is 160 g/mol. The maximum Gasteiger partial charge on any atom is 0.181 e. The summed E-state index contributed by atoms with van der Waals surface area (Å²) in [4.78, 5) is 11.2. The SMILES string of the molecule is C/C=C/c1cccc(=O)c(C)c1. The van der Waals surface area contributed by atoms with Crippen molar-refractivity contribution < 1.29 is 0 Å². The summed E-state index contributed by atoms with van der Waals surface area (Å²) in [6.45, 7) is 3.79. The lowest BCUT2D eigenvalue weighted by atomic mass is 10.2. The maximum atomic E-state index is 11.2. The highest BCUT2D eigenvalue weighted by Crippen LogP contribution is 2.00. The first kappa shape index (κ1) is 8.72. The fourth-order valence-corrected chi connectivity index (χ4v) is 1.04. The van der Waals surface area contributed by atoms with Crippen LogP contribution in [0.5, 0.6) is 0 Å². The third-order valence-corrected chi connectivity index (χ3v) is 1.67. The first-order valence-corrected chi connectivity index (χ1v) is 3.97. The van der Waals surface area contributed by atoms with Gasteiger partial charge in [0, 0.05) is 0 Å². The van der Waals surface area contributed by atoms with Gasteiger partial charge in [-0.05, 0) is 37.1 Å². The second-order valence-corrected chi connectivity index (χ2v) is 2.72. The molecule has 0 saturated heterocycles. The Kier molecular flexibility index (Phi) is 2.81. The molecule has 0 aliphatic carbocycles. The standard InChI is InChI=1S/C11H12O/c1-3-5-10-6-4-7-11(12)9(2)8-10/h3-8H,1-2H3/b5-3+. The van der Waals surface area contributed by atoms with Gasteiger partial charge in [-0.3, -0.25) is 4.79 Å². The molecule has 0 amide bonds. The third-order valence-electron chi connectivity index (χ3n) is 1.67. The van der Waals surface area contributed by atoms with Crippen molar-refractivity contribution in [2.24, 2.45) is 0 Å². The summed E-state index contributed by atoms with van der Waals surface area (Å²) < 4.78 is 0. The molecular weight excluding hydrogens is 148 g/mol. The summed E-state index contributed by atoms with van der Waals surface area (Å²) in [7, 11) is 0. The number of allylic oxidation sites excluding steroid dienone is 1. The van der Waals surface area contributed by atoms with Crippen LogP contribution in [-0.4, -0.2) is 0 Å². The predicted molar refractivity (Wildman–Crippen MR) is 52.2 cm³/mol. The average Bonchev–Trinajstić information content (AvgIpc) is 2.16. The largest absolute Gasteiger partial charge is 0.290 e. The van der Waals surface area contributed by atoms with E-state index in [9.17, 15) is 4.79 Å². The number of aryl methyl sites for hydroxylation is 1. The molecular formula is C11H12O. The molecule has 0 N–H and O–H groups in total. The van der Waals surface area contributed by atoms with Gasteiger partial charge >= 0.3 is 0 Å². The number of hydrogen-bond donors (Lipinski definition) is 0. The molecule has 0 heterocycles. The van der Waals surface area contributed by atoms with Crippen LogP contribution in [-0.2, 0) is 0 Å². The van der Waals surface area contributed by atoms with Crippen molar-refractivity contribution in [2.75, 3.05) is 0 Å². The van der Waals surface area contributed by atoms with Crippen LogP contribution < -0.4 is 5.43 Å². The van der Waals surface area contributed by atoms with E-state index in [0.29, 0.717) is 0 Å². The van der Waals surface area contributed by atoms with Crippen molar-refractivity contribution in [3.05, 3.63) is 51.7 Å². The Balaban J connectivity index is 3.31. The highest BCUT2D eigenvalue weighted by Gasteiger charge is 1.89. The van der Waals surface area contributed by atoms with Crippen molar-refractivity contribution in [1.29, 1.82) is 0 Å². The highest BCUT2D eigenvalue weighted by atomic mass is 16.1. The molecule has 1 nitrogen and oxygen atoms in total. The van der Waals surface area contributed by atoms with E-state index in [2.05, 4.69) is 0 Å². The minimum Gasteiger partial charge on any atom is -0.290 e. The van der Waals surface area contributed by atoms with E-state index in [1.165, 1.54) is 0 Å². The zero-order valence-corrected chi connectivity index (χ0v) is 7.37. The molecule has 1 aromatic rings. The Morgan fingerprint density at radius 1 is 1.33 bits per heavy atom. The van der Waals surface area contributed by atoms with Gasteiger partial charge in [-0.2, -0.15) is 0 Å². The van der Waals surface area contributed by atoms with Crippen LogP contribution in [0.2, 0.25) is 0 Å². The molecule has 1 heteroatoms. The van der Waals surface area contributed by atoms with Crippen LogP contribution in [0.1, 0.15) is 18.1 Å². The molecule has 12 heavy (non-hydrogen) atoms. The van der Waals surface area contributed by atoms with Gasteiger partial charge in [0.2, 0.25) is 0 Å². The minimum absolute atomic E-state index is 0.0887. The van der Waals surface area contributed by atoms with E-state index in [1.807, 2.05) is 38.1 Å². The molecule has 0 aliphatic rings. The smallest absolute Gasteiger partial charge is 0.181 e. The number of rotatable bonds is 1. The summed E-state index contributed by atoms with van der Waals surface area (Å²) in [5, 5.41) is 0. The summed E-state index contributed by atoms with van der Waals surface area (Å²) >= 11 is 0. The second-order valence-electron chi connectivity index (χ2n) is 2.72. The van der Waals surface area contributed by atoms with Gasteiger partial charge in [-0.15, -0.1) is 0 Å². The van der Waals surface area contributed by atoms with E-state index in [1.54, 1.807) is 12.1 Å². The van der Waals surface area contributed by atoms with Gasteiger partial charge in [0.15, 0.2) is 5.43 Å². The molecule has 0 unspecified atom stereocenters. The fourth-order valence-electron chi connectivity index (χ4n) is 1.04. The Morgan fingerprint density at radius 3 is 2.75 bits per heavy atom. The van der Waals surface area contributed by atoms with Gasteiger partial charge in [0.25, 0.3) is 0 Å². The minimum atomic E-state index is 0.0887. The van der Waals surface area contributed by atoms with E-state index < -0.39 is 0 Å². The molecule has 0 spiro atoms. The first-order chi connectivity index (χ1) is 5.74. The lowest BCUT2D eigenvalue weighted by molar-refractivity contribution is 1.43. The summed E-state index contributed by atoms with van der Waals surface area (Å²) in [5.41, 5.74) is 1.94. The van der Waals surface area contributed by atoms with Crippen LogP contribution in [0.4, 0.5) is 0 Å². The molecule has 0 saturated carbocycles. The quantitative estimate of drug-likeness (QED) is 0.616. The van der Waals surface area contributed by atoms with E-state index >= 15 is 0 Å². The average molecular weight is 160 g/mol. The molecule has 0 aliphatic heterocycles. The Morgan fingerprint density at radius 2 is 2.08 bits per heavy atom. The van der Waals surface area contributed by atoms with Gasteiger partial charge in [-0.25, -0.2) is 0 Å². The number of hydrogen-bond acceptors (Lipinski definition) is 1. The highest BCUT2D eigenvalue weighted by molar-refractivity contribution is 5.48. The normalized spacial score (nSPS) is 10.5. The molecule has 1 rings (SSSR count). The molecule has 0 radical (unpaired) electrons. The molecule has 0 atom stereocenters. The van der Waals surface area contributed by atoms with Gasteiger partial charge in [0.1, 0.15) is 0 Å². The molecule has 62 valence electrons. The molecule has 1 aromatic carbocycles. The van der Waals surface area contributed by atoms with E-state index in [4.69, 9.17) is 0 Å². The summed E-state index contributed by atoms with van der Waals surface area (Å²) in [5.74, 6) is 0. The van der Waals surface area contributed by atoms with Crippen molar-refractivity contribution in [1.82, 2.24) is 0 Å². The fraction of sp³-hybridized carbons (Fsp3) is 0.182. The van der Waals surface area contributed by atoms with Crippen molar-refractivity contribution in [3.8, 4) is 0 Å². The van der Waals surface area contributed by atoms with Gasteiger partial charge in [0.05, 0.1) is 0 Å². The molecule has 0 bridgehead atoms. The predicted octanol–water partition coefficient (Wildman–Crippen LogP) is 2.39. The van der Waals surface area contributed by atoms with E-state index in [0.717, 1.165) is 11.1 Å². The molecule has 0 fully saturated rings. The van der Waals surface area contributed by atoms with Crippen molar-refractivity contribution in [2.45, 2.75) is 13.8 Å². The Hall–Kier alpha value is -1.37. The van der Waals surface area contributed by atoms with Crippen LogP contribution in [0.3, 0.4) is 0 Å². The first-order valence-electron chi connectivity index (χ1n) is 3.97. The second kappa shape index (κ2) is 3.86. The van der Waals surface area contributed by atoms with E-state index in [-0.39, 0.29) is 5.43 Å². The van der Waals surface area contributed by atoms with Crippen molar-refractivity contribution >= 4 is 6.08 Å². The zero-order chi connectivity index (χ0) is 8.97. The Labute approximate surface area is 72.4 Å². The third kappa shape index (κ3) is 2.06. The maximum absolute atomic E-state index is 11.2.